The summed E-state index contributed by atoms with van der Waals surface area (Å²) in [6, 6.07) is 21.3. The second-order valence-electron chi connectivity index (χ2n) is 10.8. The third-order valence-electron chi connectivity index (χ3n) is 7.64. The number of imidazole rings is 1. The van der Waals surface area contributed by atoms with Crippen LogP contribution in [0.3, 0.4) is 0 Å². The molecule has 6 rings (SSSR count). The Balaban J connectivity index is 1.16. The highest BCUT2D eigenvalue weighted by atomic mass is 16.9. The number of carbonyl (C=O) groups is 1. The Labute approximate surface area is 277 Å². The minimum Gasteiger partial charge on any atom is -0.465 e. The molecular weight excluding hydrogens is 638 g/mol. The van der Waals surface area contributed by atoms with Gasteiger partial charge in [0.25, 0.3) is 11.1 Å². The van der Waals surface area contributed by atoms with Crippen LogP contribution < -0.4 is 10.6 Å². The summed E-state index contributed by atoms with van der Waals surface area (Å²) in [5, 5.41) is 23.9. The summed E-state index contributed by atoms with van der Waals surface area (Å²) in [6.45, 7) is 2.35. The largest absolute Gasteiger partial charge is 0.519 e. The minimum atomic E-state index is -0.907. The average Bonchev–Trinajstić information content (AvgIpc) is 3.85. The molecule has 0 unspecified atom stereocenters. The summed E-state index contributed by atoms with van der Waals surface area (Å²) >= 11 is 0. The van der Waals surface area contributed by atoms with Crippen LogP contribution in [-0.4, -0.2) is 54.4 Å². The van der Waals surface area contributed by atoms with Crippen molar-refractivity contribution >= 4 is 17.0 Å². The van der Waals surface area contributed by atoms with Crippen molar-refractivity contribution in [3.8, 4) is 28.5 Å². The van der Waals surface area contributed by atoms with Crippen LogP contribution in [0, 0.1) is 10.1 Å². The van der Waals surface area contributed by atoms with Gasteiger partial charge in [-0.3, -0.25) is 4.57 Å². The number of fused-ring (bicyclic) bond motifs is 1. The van der Waals surface area contributed by atoms with Gasteiger partial charge in [0.2, 0.25) is 5.82 Å². The zero-order chi connectivity index (χ0) is 34.2. The Morgan fingerprint density at radius 1 is 1.00 bits per heavy atom. The zero-order valence-corrected chi connectivity index (χ0v) is 26.4. The molecule has 49 heavy (non-hydrogen) atoms. The monoisotopic (exact) mass is 669 g/mol. The summed E-state index contributed by atoms with van der Waals surface area (Å²) in [5.41, 5.74) is 5.34. The van der Waals surface area contributed by atoms with E-state index in [-0.39, 0.29) is 30.3 Å². The van der Waals surface area contributed by atoms with Gasteiger partial charge < -0.3 is 23.1 Å². The number of H-pyrrole nitrogens is 1. The van der Waals surface area contributed by atoms with Crippen molar-refractivity contribution in [1.29, 1.82) is 0 Å². The van der Waals surface area contributed by atoms with Gasteiger partial charge in [0.15, 0.2) is 18.1 Å². The smallest absolute Gasteiger partial charge is 0.465 e. The van der Waals surface area contributed by atoms with Crippen molar-refractivity contribution in [3.05, 3.63) is 110 Å². The van der Waals surface area contributed by atoms with E-state index in [9.17, 15) is 19.7 Å². The van der Waals surface area contributed by atoms with Crippen molar-refractivity contribution in [2.45, 2.75) is 45.8 Å². The van der Waals surface area contributed by atoms with Gasteiger partial charge in [0.1, 0.15) is 0 Å². The van der Waals surface area contributed by atoms with Gasteiger partial charge in [-0.05, 0) is 59.9 Å². The number of hydrogen-bond acceptors (Lipinski definition) is 13. The fourth-order valence-electron chi connectivity index (χ4n) is 5.35. The number of esters is 1. The molecular formula is C33H31N7O9. The number of aromatic nitrogens is 6. The maximum atomic E-state index is 13.1. The molecule has 0 aliphatic heterocycles. The fraction of sp³-hybridized carbons (Fsp3) is 0.273. The second kappa shape index (κ2) is 15.1. The summed E-state index contributed by atoms with van der Waals surface area (Å²) in [4.78, 5) is 44.1. The number of benzene rings is 3. The first-order valence-corrected chi connectivity index (χ1v) is 15.5. The quantitative estimate of drug-likeness (QED) is 0.0613. The first-order valence-electron chi connectivity index (χ1n) is 15.5. The minimum absolute atomic E-state index is 0.0209. The molecule has 0 atom stereocenters. The van der Waals surface area contributed by atoms with Crippen LogP contribution in [0.2, 0.25) is 0 Å². The summed E-state index contributed by atoms with van der Waals surface area (Å²) < 4.78 is 23.5. The Morgan fingerprint density at radius 2 is 1.80 bits per heavy atom. The molecule has 0 saturated heterocycles. The Bertz CT molecular complexity index is 2100. The van der Waals surface area contributed by atoms with Crippen LogP contribution in [0.4, 0.5) is 0 Å². The number of ether oxygens (including phenoxy) is 2. The summed E-state index contributed by atoms with van der Waals surface area (Å²) in [7, 11) is 0. The van der Waals surface area contributed by atoms with Gasteiger partial charge in [-0.25, -0.2) is 9.59 Å². The van der Waals surface area contributed by atoms with Gasteiger partial charge in [-0.15, -0.1) is 20.3 Å². The Kier molecular flexibility index (Phi) is 10.0. The molecule has 3 aromatic heterocycles. The van der Waals surface area contributed by atoms with Crippen LogP contribution >= 0.6 is 0 Å². The van der Waals surface area contributed by atoms with Crippen LogP contribution in [-0.2, 0) is 29.1 Å². The van der Waals surface area contributed by atoms with E-state index >= 15 is 0 Å². The summed E-state index contributed by atoms with van der Waals surface area (Å²) in [5.74, 6) is -0.676. The molecule has 6 aromatic rings. The molecule has 16 heteroatoms. The number of nitrogens with zero attached hydrogens (tertiary/aromatic N) is 6. The highest BCUT2D eigenvalue weighted by molar-refractivity contribution is 5.94. The van der Waals surface area contributed by atoms with Gasteiger partial charge in [-0.1, -0.05) is 55.0 Å². The van der Waals surface area contributed by atoms with E-state index in [2.05, 4.69) is 30.4 Å². The van der Waals surface area contributed by atoms with Gasteiger partial charge in [0.05, 0.1) is 36.4 Å². The third kappa shape index (κ3) is 7.81. The first kappa shape index (κ1) is 32.6. The van der Waals surface area contributed by atoms with Crippen LogP contribution in [0.25, 0.3) is 33.5 Å². The van der Waals surface area contributed by atoms with Crippen molar-refractivity contribution in [1.82, 2.24) is 30.2 Å². The number of carbonyl (C=O) groups excluding carboxylic acids is 1. The number of aryl methyl sites for hydroxylation is 1. The predicted octanol–water partition coefficient (Wildman–Crippen LogP) is 5.15. The van der Waals surface area contributed by atoms with E-state index < -0.39 is 16.9 Å². The molecule has 0 aliphatic rings. The third-order valence-corrected chi connectivity index (χ3v) is 7.64. The van der Waals surface area contributed by atoms with Crippen LogP contribution in [0.5, 0.6) is 6.01 Å². The highest BCUT2D eigenvalue weighted by Crippen LogP contribution is 2.31. The molecule has 252 valence electrons. The molecule has 0 fully saturated rings. The fourth-order valence-corrected chi connectivity index (χ4v) is 5.35. The zero-order valence-electron chi connectivity index (χ0n) is 26.4. The molecule has 0 bridgehead atoms. The van der Waals surface area contributed by atoms with Crippen LogP contribution in [0.15, 0.2) is 80.4 Å². The lowest BCUT2D eigenvalue weighted by atomic mass is 9.98. The molecule has 3 heterocycles. The predicted molar refractivity (Wildman–Crippen MR) is 172 cm³/mol. The summed E-state index contributed by atoms with van der Waals surface area (Å²) in [6.07, 6.45) is 1.94. The van der Waals surface area contributed by atoms with Crippen LogP contribution in [0.1, 0.15) is 53.6 Å². The topological polar surface area (TPSA) is 204 Å². The molecule has 3 aromatic carbocycles. The van der Waals surface area contributed by atoms with E-state index in [0.717, 1.165) is 22.3 Å². The van der Waals surface area contributed by atoms with Crippen molar-refractivity contribution in [3.63, 3.8) is 0 Å². The Morgan fingerprint density at radius 3 is 2.55 bits per heavy atom. The number of unbranched alkanes of at least 4 members (excludes halogenated alkanes) is 2. The van der Waals surface area contributed by atoms with Gasteiger partial charge >= 0.3 is 11.8 Å². The van der Waals surface area contributed by atoms with E-state index in [1.165, 1.54) is 0 Å². The van der Waals surface area contributed by atoms with E-state index in [0.29, 0.717) is 61.7 Å². The van der Waals surface area contributed by atoms with Gasteiger partial charge in [0, 0.05) is 12.0 Å². The first-order chi connectivity index (χ1) is 23.9. The highest BCUT2D eigenvalue weighted by Gasteiger charge is 2.19. The lowest BCUT2D eigenvalue weighted by Gasteiger charge is -2.11. The van der Waals surface area contributed by atoms with Crippen molar-refractivity contribution < 1.29 is 33.0 Å². The molecule has 0 saturated carbocycles. The number of aromatic amines is 1. The number of nitrogens with one attached hydrogen (secondary N) is 1. The number of hydrogen-bond donors (Lipinski definition) is 1. The number of tetrazole rings is 1. The van der Waals surface area contributed by atoms with Gasteiger partial charge in [-0.2, -0.15) is 10.2 Å². The molecule has 0 aliphatic carbocycles. The standard InChI is InChI=1S/C33H31N7O9/c1-2-45-32-34-26-16-15-23(31(41)46-20-29-28(48-33(42)49-29)10-4-3-7-17-47-40(43)44)18-27(26)39(32)19-21-11-13-22(14-12-21)24-8-5-6-9-25(24)30-35-37-38-36-30/h5-6,8-9,11-16,18H,2-4,7,10,17,19-20H2,1H3,(H,35,36,37,38). The Hall–Kier alpha value is -6.32. The molecule has 16 nitrogen and oxygen atoms in total. The lowest BCUT2D eigenvalue weighted by Crippen LogP contribution is -2.07. The number of rotatable bonds is 16. The second-order valence-corrected chi connectivity index (χ2v) is 10.8. The lowest BCUT2D eigenvalue weighted by molar-refractivity contribution is -0.757. The van der Waals surface area contributed by atoms with E-state index in [4.69, 9.17) is 18.3 Å². The molecule has 1 N–H and O–H groups in total. The molecule has 0 spiro atoms. The van der Waals surface area contributed by atoms with Crippen molar-refractivity contribution in [2.24, 2.45) is 0 Å². The average molecular weight is 670 g/mol. The molecule has 0 amide bonds. The normalized spacial score (nSPS) is 11.1. The molecule has 0 radical (unpaired) electrons. The van der Waals surface area contributed by atoms with E-state index in [1.54, 1.807) is 18.2 Å². The maximum absolute atomic E-state index is 13.1. The SMILES string of the molecule is CCOc1nc2ccc(C(=O)OCc3oc(=O)oc3CCCCCO[N+](=O)[O-])cc2n1Cc1ccc(-c2ccccc2-c2nn[nH]n2)cc1. The van der Waals surface area contributed by atoms with Crippen molar-refractivity contribution in [2.75, 3.05) is 13.2 Å². The maximum Gasteiger partial charge on any atom is 0.519 e. The van der Waals surface area contributed by atoms with E-state index in [1.807, 2.05) is 60.0 Å².